The van der Waals surface area contributed by atoms with Crippen LogP contribution in [0, 0.1) is 11.6 Å². The van der Waals surface area contributed by atoms with Crippen molar-refractivity contribution in [2.24, 2.45) is 0 Å². The topological polar surface area (TPSA) is 115 Å². The van der Waals surface area contributed by atoms with Crippen molar-refractivity contribution in [3.63, 3.8) is 0 Å². The van der Waals surface area contributed by atoms with Crippen LogP contribution in [0.4, 0.5) is 8.78 Å². The van der Waals surface area contributed by atoms with E-state index in [0.717, 1.165) is 46.2 Å². The zero-order valence-corrected chi connectivity index (χ0v) is 34.5. The number of benzene rings is 4. The van der Waals surface area contributed by atoms with Gasteiger partial charge in [-0.05, 0) is 84.6 Å². The standard InChI is InChI=1S/2C22H25FN2O3S/c2*1-24-12-13-29(27,28)19(15-24)14-21(26)25-11-10-16-4-2-3-5-20(16)22(25)17-6-8-18(23)9-7-17/h2*2-9,19,22H,10-15H2,1H3/t19-,22+;19-,22-/m10/s1. The Morgan fingerprint density at radius 3 is 1.29 bits per heavy atom. The van der Waals surface area contributed by atoms with Gasteiger partial charge in [-0.25, -0.2) is 25.6 Å². The summed E-state index contributed by atoms with van der Waals surface area (Å²) in [5.41, 5.74) is 6.02. The summed E-state index contributed by atoms with van der Waals surface area (Å²) in [4.78, 5) is 34.0. The number of halogens is 2. The van der Waals surface area contributed by atoms with E-state index < -0.39 is 30.2 Å². The number of carbonyl (C=O) groups excluding carboxylic acids is 2. The van der Waals surface area contributed by atoms with Crippen LogP contribution in [-0.2, 0) is 42.1 Å². The van der Waals surface area contributed by atoms with Crippen LogP contribution in [0.3, 0.4) is 0 Å². The van der Waals surface area contributed by atoms with Crippen molar-refractivity contribution in [3.8, 4) is 0 Å². The van der Waals surface area contributed by atoms with E-state index in [4.69, 9.17) is 0 Å². The first-order valence-corrected chi connectivity index (χ1v) is 23.2. The average Bonchev–Trinajstić information content (AvgIpc) is 3.21. The second-order valence-corrected chi connectivity index (χ2v) is 20.7. The Kier molecular flexibility index (Phi) is 12.5. The quantitative estimate of drug-likeness (QED) is 0.272. The summed E-state index contributed by atoms with van der Waals surface area (Å²) in [5.74, 6) is -0.813. The fourth-order valence-electron chi connectivity index (χ4n) is 8.69. The van der Waals surface area contributed by atoms with Crippen LogP contribution >= 0.6 is 0 Å². The van der Waals surface area contributed by atoms with Crippen molar-refractivity contribution in [1.82, 2.24) is 19.6 Å². The summed E-state index contributed by atoms with van der Waals surface area (Å²) in [7, 11) is -2.80. The lowest BCUT2D eigenvalue weighted by Gasteiger charge is -2.39. The van der Waals surface area contributed by atoms with Gasteiger partial charge in [0.2, 0.25) is 11.8 Å². The van der Waals surface area contributed by atoms with Gasteiger partial charge in [-0.2, -0.15) is 0 Å². The molecule has 2 amide bonds. The fourth-order valence-corrected chi connectivity index (χ4v) is 12.2. The SMILES string of the molecule is CN1CCS(=O)(=O)[C@@H](CC(=O)N2CCc3ccccc3[C@@H]2c2ccc(F)cc2)C1.CN1CCS(=O)(=O)[C@H](CC(=O)N2CCc3ccccc3[C@@H]2c2ccc(F)cc2)C1. The molecule has 10 nitrogen and oxygen atoms in total. The summed E-state index contributed by atoms with van der Waals surface area (Å²) >= 11 is 0. The molecule has 0 spiro atoms. The van der Waals surface area contributed by atoms with Crippen molar-refractivity contribution in [2.45, 2.75) is 48.3 Å². The van der Waals surface area contributed by atoms with Gasteiger partial charge in [-0.15, -0.1) is 0 Å². The van der Waals surface area contributed by atoms with Gasteiger partial charge in [-0.1, -0.05) is 72.8 Å². The minimum atomic E-state index is -3.28. The minimum Gasteiger partial charge on any atom is -0.331 e. The van der Waals surface area contributed by atoms with Gasteiger partial charge in [0.05, 0.1) is 34.1 Å². The summed E-state index contributed by atoms with van der Waals surface area (Å²) in [6, 6.07) is 27.6. The Balaban J connectivity index is 0.000000177. The molecule has 308 valence electrons. The predicted octanol–water partition coefficient (Wildman–Crippen LogP) is 4.84. The molecule has 2 fully saturated rings. The van der Waals surface area contributed by atoms with Crippen LogP contribution < -0.4 is 0 Å². The van der Waals surface area contributed by atoms with Gasteiger partial charge < -0.3 is 19.6 Å². The second kappa shape index (κ2) is 17.4. The van der Waals surface area contributed by atoms with Crippen molar-refractivity contribution >= 4 is 31.5 Å². The maximum atomic E-state index is 13.5. The highest BCUT2D eigenvalue weighted by Crippen LogP contribution is 2.38. The summed E-state index contributed by atoms with van der Waals surface area (Å²) in [5, 5.41) is -1.36. The van der Waals surface area contributed by atoms with E-state index in [9.17, 15) is 35.2 Å². The molecule has 2 saturated heterocycles. The third kappa shape index (κ3) is 9.20. The van der Waals surface area contributed by atoms with Gasteiger partial charge in [0.1, 0.15) is 11.6 Å². The second-order valence-electron chi connectivity index (χ2n) is 15.9. The zero-order valence-electron chi connectivity index (χ0n) is 32.8. The molecular formula is C44H50F2N4O6S2. The Labute approximate surface area is 340 Å². The number of fused-ring (bicyclic) bond motifs is 2. The first-order valence-electron chi connectivity index (χ1n) is 19.8. The van der Waals surface area contributed by atoms with E-state index in [-0.39, 0.29) is 59.9 Å². The number of sulfone groups is 2. The predicted molar refractivity (Wildman–Crippen MR) is 220 cm³/mol. The molecule has 0 bridgehead atoms. The molecule has 4 aliphatic heterocycles. The minimum absolute atomic E-state index is 0.0213. The summed E-state index contributed by atoms with van der Waals surface area (Å²) < 4.78 is 76.9. The van der Waals surface area contributed by atoms with Crippen molar-refractivity contribution in [2.75, 3.05) is 64.9 Å². The Bertz CT molecular complexity index is 2180. The van der Waals surface area contributed by atoms with Crippen LogP contribution in [0.1, 0.15) is 58.3 Å². The van der Waals surface area contributed by atoms with Crippen molar-refractivity contribution in [3.05, 3.63) is 142 Å². The largest absolute Gasteiger partial charge is 0.331 e. The number of hydrogen-bond donors (Lipinski definition) is 0. The van der Waals surface area contributed by atoms with Gasteiger partial charge in [0.25, 0.3) is 0 Å². The number of amides is 2. The van der Waals surface area contributed by atoms with E-state index in [0.29, 0.717) is 39.3 Å². The normalized spacial score (nSPS) is 24.1. The van der Waals surface area contributed by atoms with E-state index in [1.54, 1.807) is 34.1 Å². The fraction of sp³-hybridized carbons (Fsp3) is 0.409. The molecule has 4 aromatic rings. The Morgan fingerprint density at radius 2 is 0.914 bits per heavy atom. The lowest BCUT2D eigenvalue weighted by atomic mass is 9.88. The average molecular weight is 833 g/mol. The lowest BCUT2D eigenvalue weighted by molar-refractivity contribution is -0.134. The van der Waals surface area contributed by atoms with Crippen LogP contribution in [-0.4, -0.2) is 124 Å². The molecule has 4 atom stereocenters. The Hall–Kier alpha value is -4.50. The van der Waals surface area contributed by atoms with Gasteiger partial charge in [0, 0.05) is 52.1 Å². The van der Waals surface area contributed by atoms with Gasteiger partial charge in [-0.3, -0.25) is 9.59 Å². The number of nitrogens with zero attached hydrogens (tertiary/aromatic N) is 4. The van der Waals surface area contributed by atoms with Gasteiger partial charge >= 0.3 is 0 Å². The van der Waals surface area contributed by atoms with Crippen LogP contribution in [0.2, 0.25) is 0 Å². The summed E-state index contributed by atoms with van der Waals surface area (Å²) in [6.07, 6.45) is 1.40. The van der Waals surface area contributed by atoms with Crippen LogP contribution in [0.5, 0.6) is 0 Å². The maximum absolute atomic E-state index is 13.5. The van der Waals surface area contributed by atoms with Crippen LogP contribution in [0.15, 0.2) is 97.1 Å². The molecular weight excluding hydrogens is 783 g/mol. The molecule has 0 aliphatic carbocycles. The molecule has 14 heteroatoms. The highest BCUT2D eigenvalue weighted by molar-refractivity contribution is 7.92. The lowest BCUT2D eigenvalue weighted by Crippen LogP contribution is -2.48. The number of hydrogen-bond acceptors (Lipinski definition) is 8. The van der Waals surface area contributed by atoms with Gasteiger partial charge in [0.15, 0.2) is 19.7 Å². The van der Waals surface area contributed by atoms with E-state index in [1.165, 1.54) is 24.3 Å². The molecule has 0 radical (unpaired) electrons. The number of rotatable bonds is 6. The molecule has 4 aromatic carbocycles. The zero-order chi connectivity index (χ0) is 41.2. The van der Waals surface area contributed by atoms with Crippen molar-refractivity contribution < 1.29 is 35.2 Å². The number of carbonyl (C=O) groups is 2. The first kappa shape index (κ1) is 41.7. The summed E-state index contributed by atoms with van der Waals surface area (Å²) in [6.45, 7) is 2.78. The highest BCUT2D eigenvalue weighted by atomic mass is 32.2. The maximum Gasteiger partial charge on any atom is 0.224 e. The monoisotopic (exact) mass is 832 g/mol. The molecule has 58 heavy (non-hydrogen) atoms. The molecule has 0 unspecified atom stereocenters. The van der Waals surface area contributed by atoms with E-state index in [1.807, 2.05) is 72.4 Å². The molecule has 0 saturated carbocycles. The third-order valence-corrected chi connectivity index (χ3v) is 16.1. The molecule has 4 aliphatic rings. The Morgan fingerprint density at radius 1 is 0.552 bits per heavy atom. The first-order chi connectivity index (χ1) is 27.7. The molecule has 0 N–H and O–H groups in total. The van der Waals surface area contributed by atoms with E-state index >= 15 is 0 Å². The highest BCUT2D eigenvalue weighted by Gasteiger charge is 2.39. The molecule has 0 aromatic heterocycles. The van der Waals surface area contributed by atoms with E-state index in [2.05, 4.69) is 0 Å². The smallest absolute Gasteiger partial charge is 0.224 e. The third-order valence-electron chi connectivity index (χ3n) is 11.9. The molecule has 8 rings (SSSR count). The van der Waals surface area contributed by atoms with Crippen LogP contribution in [0.25, 0.3) is 0 Å². The van der Waals surface area contributed by atoms with Crippen molar-refractivity contribution in [1.29, 1.82) is 0 Å². The molecule has 4 heterocycles.